The highest BCUT2D eigenvalue weighted by atomic mass is 32.2. The van der Waals surface area contributed by atoms with Crippen LogP contribution in [-0.4, -0.2) is 36.0 Å². The SMILES string of the molecule is O=S1(=O)CC[C@H](N(Cc2cccs2)C(=S)NCc2ccc(F)cc2)C1. The molecule has 1 N–H and O–H groups in total. The van der Waals surface area contributed by atoms with Gasteiger partial charge in [-0.3, -0.25) is 0 Å². The van der Waals surface area contributed by atoms with Crippen molar-refractivity contribution in [1.29, 1.82) is 0 Å². The van der Waals surface area contributed by atoms with Gasteiger partial charge in [-0.05, 0) is 47.8 Å². The van der Waals surface area contributed by atoms with Crippen LogP contribution < -0.4 is 5.32 Å². The van der Waals surface area contributed by atoms with Crippen molar-refractivity contribution >= 4 is 38.5 Å². The molecule has 0 bridgehead atoms. The van der Waals surface area contributed by atoms with E-state index >= 15 is 0 Å². The molecule has 0 amide bonds. The third kappa shape index (κ3) is 4.99. The summed E-state index contributed by atoms with van der Waals surface area (Å²) < 4.78 is 36.7. The van der Waals surface area contributed by atoms with Crippen LogP contribution >= 0.6 is 23.6 Å². The third-order valence-corrected chi connectivity index (χ3v) is 7.16. The molecule has 0 saturated carbocycles. The Balaban J connectivity index is 1.69. The standard InChI is InChI=1S/C17H19FN2O2S3/c18-14-5-3-13(4-6-14)10-19-17(23)20(11-16-2-1-8-24-16)15-7-9-25(21,22)12-15/h1-6,8,15H,7,9-12H2,(H,19,23)/t15-/m0/s1. The molecule has 0 unspecified atom stereocenters. The third-order valence-electron chi connectivity index (χ3n) is 4.17. The maximum Gasteiger partial charge on any atom is 0.169 e. The summed E-state index contributed by atoms with van der Waals surface area (Å²) in [6.07, 6.45) is 0.589. The van der Waals surface area contributed by atoms with Crippen molar-refractivity contribution in [3.63, 3.8) is 0 Å². The Labute approximate surface area is 156 Å². The molecule has 2 aromatic rings. The van der Waals surface area contributed by atoms with Crippen LogP contribution in [0.4, 0.5) is 4.39 Å². The second-order valence-electron chi connectivity index (χ2n) is 6.05. The molecule has 134 valence electrons. The minimum atomic E-state index is -2.99. The number of thiocarbonyl (C=S) groups is 1. The molecule has 1 saturated heterocycles. The summed E-state index contributed by atoms with van der Waals surface area (Å²) in [6, 6.07) is 10.1. The number of hydrogen-bond acceptors (Lipinski definition) is 4. The average molecular weight is 399 g/mol. The number of benzene rings is 1. The number of nitrogens with zero attached hydrogens (tertiary/aromatic N) is 1. The predicted molar refractivity (Wildman–Crippen MR) is 103 cm³/mol. The van der Waals surface area contributed by atoms with Gasteiger partial charge in [-0.25, -0.2) is 12.8 Å². The van der Waals surface area contributed by atoms with Gasteiger partial charge in [-0.1, -0.05) is 18.2 Å². The van der Waals surface area contributed by atoms with Gasteiger partial charge in [0.05, 0.1) is 18.1 Å². The Morgan fingerprint density at radius 1 is 1.32 bits per heavy atom. The van der Waals surface area contributed by atoms with E-state index in [0.29, 0.717) is 24.6 Å². The van der Waals surface area contributed by atoms with Crippen molar-refractivity contribution in [2.24, 2.45) is 0 Å². The summed E-state index contributed by atoms with van der Waals surface area (Å²) in [5.41, 5.74) is 0.916. The molecule has 1 aliphatic heterocycles. The molecular formula is C17H19FN2O2S3. The maximum absolute atomic E-state index is 13.0. The van der Waals surface area contributed by atoms with Crippen molar-refractivity contribution < 1.29 is 12.8 Å². The monoisotopic (exact) mass is 398 g/mol. The number of rotatable bonds is 5. The van der Waals surface area contributed by atoms with Gasteiger partial charge < -0.3 is 10.2 Å². The lowest BCUT2D eigenvalue weighted by molar-refractivity contribution is 0.325. The number of nitrogens with one attached hydrogen (secondary N) is 1. The van der Waals surface area contributed by atoms with E-state index in [2.05, 4.69) is 5.32 Å². The van der Waals surface area contributed by atoms with Crippen LogP contribution in [0.3, 0.4) is 0 Å². The zero-order valence-electron chi connectivity index (χ0n) is 13.5. The lowest BCUT2D eigenvalue weighted by atomic mass is 10.2. The van der Waals surface area contributed by atoms with Crippen LogP contribution in [0.1, 0.15) is 16.9 Å². The van der Waals surface area contributed by atoms with Crippen LogP contribution in [0.15, 0.2) is 41.8 Å². The van der Waals surface area contributed by atoms with Gasteiger partial charge in [0.25, 0.3) is 0 Å². The van der Waals surface area contributed by atoms with Crippen LogP contribution in [0, 0.1) is 5.82 Å². The van der Waals surface area contributed by atoms with Crippen molar-refractivity contribution in [1.82, 2.24) is 10.2 Å². The van der Waals surface area contributed by atoms with E-state index in [4.69, 9.17) is 12.2 Å². The summed E-state index contributed by atoms with van der Waals surface area (Å²) in [5.74, 6) is 0.0671. The van der Waals surface area contributed by atoms with Crippen LogP contribution in [-0.2, 0) is 22.9 Å². The Morgan fingerprint density at radius 3 is 2.68 bits per heavy atom. The minimum absolute atomic E-state index is 0.111. The molecule has 25 heavy (non-hydrogen) atoms. The predicted octanol–water partition coefficient (Wildman–Crippen LogP) is 2.95. The number of sulfone groups is 1. The highest BCUT2D eigenvalue weighted by Crippen LogP contribution is 2.22. The Kier molecular flexibility index (Phi) is 5.71. The average Bonchev–Trinajstić information content (AvgIpc) is 3.21. The quantitative estimate of drug-likeness (QED) is 0.785. The smallest absolute Gasteiger partial charge is 0.169 e. The summed E-state index contributed by atoms with van der Waals surface area (Å²) >= 11 is 7.16. The fraction of sp³-hybridized carbons (Fsp3) is 0.353. The van der Waals surface area contributed by atoms with E-state index in [9.17, 15) is 12.8 Å². The van der Waals surface area contributed by atoms with E-state index in [1.807, 2.05) is 22.4 Å². The van der Waals surface area contributed by atoms with Crippen LogP contribution in [0.5, 0.6) is 0 Å². The molecule has 1 atom stereocenters. The highest BCUT2D eigenvalue weighted by Gasteiger charge is 2.33. The summed E-state index contributed by atoms with van der Waals surface area (Å²) in [4.78, 5) is 3.10. The van der Waals surface area contributed by atoms with Gasteiger partial charge in [0.1, 0.15) is 5.82 Å². The topological polar surface area (TPSA) is 49.4 Å². The molecule has 1 fully saturated rings. The van der Waals surface area contributed by atoms with E-state index in [-0.39, 0.29) is 23.4 Å². The van der Waals surface area contributed by atoms with Gasteiger partial charge in [0.2, 0.25) is 0 Å². The minimum Gasteiger partial charge on any atom is -0.358 e. The van der Waals surface area contributed by atoms with Gasteiger partial charge in [-0.15, -0.1) is 11.3 Å². The van der Waals surface area contributed by atoms with E-state index in [1.54, 1.807) is 23.5 Å². The van der Waals surface area contributed by atoms with Gasteiger partial charge in [0, 0.05) is 17.5 Å². The molecule has 4 nitrogen and oxygen atoms in total. The fourth-order valence-corrected chi connectivity index (χ4v) is 5.56. The molecular weight excluding hydrogens is 379 g/mol. The van der Waals surface area contributed by atoms with Gasteiger partial charge in [0.15, 0.2) is 14.9 Å². The Hall–Kier alpha value is -1.51. The molecule has 0 aliphatic carbocycles. The lowest BCUT2D eigenvalue weighted by Crippen LogP contribution is -2.45. The summed E-state index contributed by atoms with van der Waals surface area (Å²) in [6.45, 7) is 1.06. The fourth-order valence-electron chi connectivity index (χ4n) is 2.84. The van der Waals surface area contributed by atoms with Gasteiger partial charge in [-0.2, -0.15) is 0 Å². The zero-order chi connectivity index (χ0) is 17.9. The van der Waals surface area contributed by atoms with E-state index < -0.39 is 9.84 Å². The molecule has 1 aromatic carbocycles. The normalized spacial score (nSPS) is 18.8. The number of halogens is 1. The van der Waals surface area contributed by atoms with Gasteiger partial charge >= 0.3 is 0 Å². The first kappa shape index (κ1) is 18.3. The van der Waals surface area contributed by atoms with Crippen molar-refractivity contribution in [3.8, 4) is 0 Å². The van der Waals surface area contributed by atoms with E-state index in [0.717, 1.165) is 10.4 Å². The molecule has 1 aliphatic rings. The second-order valence-corrected chi connectivity index (χ2v) is 9.70. The Morgan fingerprint density at radius 2 is 2.08 bits per heavy atom. The molecule has 0 radical (unpaired) electrons. The molecule has 2 heterocycles. The first-order valence-electron chi connectivity index (χ1n) is 7.95. The maximum atomic E-state index is 13.0. The number of thiophene rings is 1. The first-order chi connectivity index (χ1) is 11.9. The highest BCUT2D eigenvalue weighted by molar-refractivity contribution is 7.91. The number of hydrogen-bond donors (Lipinski definition) is 1. The van der Waals surface area contributed by atoms with E-state index in [1.165, 1.54) is 12.1 Å². The lowest BCUT2D eigenvalue weighted by Gasteiger charge is -2.30. The largest absolute Gasteiger partial charge is 0.358 e. The zero-order valence-corrected chi connectivity index (χ0v) is 16.0. The van der Waals surface area contributed by atoms with Crippen molar-refractivity contribution in [2.45, 2.75) is 25.6 Å². The molecule has 0 spiro atoms. The molecule has 1 aromatic heterocycles. The van der Waals surface area contributed by atoms with Crippen LogP contribution in [0.25, 0.3) is 0 Å². The summed E-state index contributed by atoms with van der Waals surface area (Å²) in [7, 11) is -2.99. The summed E-state index contributed by atoms with van der Waals surface area (Å²) in [5, 5.41) is 5.70. The van der Waals surface area contributed by atoms with Crippen molar-refractivity contribution in [3.05, 3.63) is 58.0 Å². The Bertz CT molecular complexity index is 820. The second kappa shape index (κ2) is 7.80. The molecule has 8 heteroatoms. The van der Waals surface area contributed by atoms with Crippen molar-refractivity contribution in [2.75, 3.05) is 11.5 Å². The van der Waals surface area contributed by atoms with Crippen LogP contribution in [0.2, 0.25) is 0 Å². The molecule has 3 rings (SSSR count). The first-order valence-corrected chi connectivity index (χ1v) is 11.1.